The number of benzene rings is 2. The summed E-state index contributed by atoms with van der Waals surface area (Å²) in [6, 6.07) is 15.6. The van der Waals surface area contributed by atoms with Gasteiger partial charge in [-0.25, -0.2) is 0 Å². The van der Waals surface area contributed by atoms with Gasteiger partial charge in [-0.15, -0.1) is 10.2 Å². The van der Waals surface area contributed by atoms with Crippen LogP contribution in [0.5, 0.6) is 0 Å². The molecule has 2 aromatic carbocycles. The largest absolute Gasteiger partial charge is 0.349 e. The summed E-state index contributed by atoms with van der Waals surface area (Å²) in [5.41, 5.74) is 2.21. The highest BCUT2D eigenvalue weighted by atomic mass is 32.2. The first kappa shape index (κ1) is 19.8. The Kier molecular flexibility index (Phi) is 5.23. The van der Waals surface area contributed by atoms with E-state index in [0.717, 1.165) is 31.4 Å². The molecule has 1 aliphatic rings. The summed E-state index contributed by atoms with van der Waals surface area (Å²) < 4.78 is 3.37. The van der Waals surface area contributed by atoms with Crippen LogP contribution in [0, 0.1) is 0 Å². The van der Waals surface area contributed by atoms with Crippen molar-refractivity contribution in [1.29, 1.82) is 0 Å². The highest BCUT2D eigenvalue weighted by Crippen LogP contribution is 2.25. The Hall–Kier alpha value is -3.13. The standard InChI is InChI=1S/C23H23N5O2S/c1-27-21(30)18-12-11-16(20(29)24-17-9-5-6-10-17)13-19(18)28-22(27)25-26-23(28)31-14-15-7-3-2-4-8-15/h2-4,7-8,11-13,17H,5-6,9-10,14H2,1H3,(H,24,29). The first-order valence-electron chi connectivity index (χ1n) is 10.5. The number of thioether (sulfide) groups is 1. The second-order valence-corrected chi connectivity index (χ2v) is 8.89. The lowest BCUT2D eigenvalue weighted by Crippen LogP contribution is -2.32. The maximum Gasteiger partial charge on any atom is 0.262 e. The average Bonchev–Trinajstić information content (AvgIpc) is 3.46. The van der Waals surface area contributed by atoms with Crippen LogP contribution in [0.2, 0.25) is 0 Å². The monoisotopic (exact) mass is 433 g/mol. The zero-order valence-corrected chi connectivity index (χ0v) is 18.1. The van der Waals surface area contributed by atoms with Crippen molar-refractivity contribution in [2.24, 2.45) is 7.05 Å². The molecule has 1 amide bonds. The number of nitrogens with one attached hydrogen (secondary N) is 1. The SMILES string of the molecule is Cn1c(=O)c2ccc(C(=O)NC3CCCC3)cc2n2c(SCc3ccccc3)nnc12. The van der Waals surface area contributed by atoms with Gasteiger partial charge < -0.3 is 5.32 Å². The highest BCUT2D eigenvalue weighted by Gasteiger charge is 2.20. The minimum absolute atomic E-state index is 0.103. The molecule has 7 nitrogen and oxygen atoms in total. The topological polar surface area (TPSA) is 81.3 Å². The Morgan fingerprint density at radius 3 is 2.68 bits per heavy atom. The summed E-state index contributed by atoms with van der Waals surface area (Å²) >= 11 is 1.55. The molecule has 0 saturated heterocycles. The quantitative estimate of drug-likeness (QED) is 0.487. The maximum absolute atomic E-state index is 12.9. The first-order chi connectivity index (χ1) is 15.1. The van der Waals surface area contributed by atoms with Crippen LogP contribution in [0.4, 0.5) is 0 Å². The number of nitrogens with zero attached hydrogens (tertiary/aromatic N) is 4. The summed E-state index contributed by atoms with van der Waals surface area (Å²) in [5, 5.41) is 12.9. The van der Waals surface area contributed by atoms with E-state index in [9.17, 15) is 9.59 Å². The van der Waals surface area contributed by atoms with Crippen LogP contribution in [0.1, 0.15) is 41.6 Å². The molecule has 2 heterocycles. The number of hydrogen-bond donors (Lipinski definition) is 1. The predicted octanol–water partition coefficient (Wildman–Crippen LogP) is 3.55. The van der Waals surface area contributed by atoms with E-state index in [0.29, 0.717) is 27.4 Å². The van der Waals surface area contributed by atoms with Crippen LogP contribution >= 0.6 is 11.8 Å². The number of carbonyl (C=O) groups is 1. The number of amides is 1. The van der Waals surface area contributed by atoms with E-state index in [-0.39, 0.29) is 17.5 Å². The fourth-order valence-corrected chi connectivity index (χ4v) is 5.05. The molecule has 1 saturated carbocycles. The number of aryl methyl sites for hydroxylation is 1. The van der Waals surface area contributed by atoms with E-state index < -0.39 is 0 Å². The Balaban J connectivity index is 1.57. The van der Waals surface area contributed by atoms with E-state index in [2.05, 4.69) is 27.6 Å². The first-order valence-corrected chi connectivity index (χ1v) is 11.5. The number of rotatable bonds is 5. The molecule has 1 N–H and O–H groups in total. The van der Waals surface area contributed by atoms with Gasteiger partial charge in [-0.05, 0) is 36.6 Å². The Morgan fingerprint density at radius 2 is 1.90 bits per heavy atom. The third-order valence-corrected chi connectivity index (χ3v) is 6.85. The molecule has 0 atom stereocenters. The van der Waals surface area contributed by atoms with E-state index in [4.69, 9.17) is 0 Å². The molecule has 8 heteroatoms. The lowest BCUT2D eigenvalue weighted by atomic mass is 10.1. The molecule has 31 heavy (non-hydrogen) atoms. The molecule has 5 rings (SSSR count). The Morgan fingerprint density at radius 1 is 1.13 bits per heavy atom. The third kappa shape index (κ3) is 3.72. The summed E-state index contributed by atoms with van der Waals surface area (Å²) in [6.45, 7) is 0. The summed E-state index contributed by atoms with van der Waals surface area (Å²) in [6.07, 6.45) is 4.36. The molecule has 1 aliphatic carbocycles. The molecule has 0 radical (unpaired) electrons. The van der Waals surface area contributed by atoms with Gasteiger partial charge in [-0.1, -0.05) is 54.9 Å². The van der Waals surface area contributed by atoms with E-state index >= 15 is 0 Å². The van der Waals surface area contributed by atoms with Crippen molar-refractivity contribution in [3.8, 4) is 0 Å². The maximum atomic E-state index is 12.9. The molecule has 158 valence electrons. The number of hydrogen-bond acceptors (Lipinski definition) is 5. The summed E-state index contributed by atoms with van der Waals surface area (Å²) in [7, 11) is 1.69. The van der Waals surface area contributed by atoms with Gasteiger partial charge in [0.2, 0.25) is 5.78 Å². The minimum atomic E-state index is -0.155. The summed E-state index contributed by atoms with van der Waals surface area (Å²) in [4.78, 5) is 25.7. The van der Waals surface area contributed by atoms with Crippen LogP contribution in [0.25, 0.3) is 16.7 Å². The second-order valence-electron chi connectivity index (χ2n) is 7.94. The summed E-state index contributed by atoms with van der Waals surface area (Å²) in [5.74, 6) is 1.09. The number of carbonyl (C=O) groups excluding carboxylic acids is 1. The lowest BCUT2D eigenvalue weighted by molar-refractivity contribution is 0.0938. The minimum Gasteiger partial charge on any atom is -0.349 e. The van der Waals surface area contributed by atoms with Crippen molar-refractivity contribution in [1.82, 2.24) is 24.5 Å². The van der Waals surface area contributed by atoms with Crippen LogP contribution < -0.4 is 10.9 Å². The lowest BCUT2D eigenvalue weighted by Gasteiger charge is -2.13. The predicted molar refractivity (Wildman–Crippen MR) is 121 cm³/mol. The van der Waals surface area contributed by atoms with Crippen molar-refractivity contribution in [2.45, 2.75) is 42.6 Å². The van der Waals surface area contributed by atoms with Gasteiger partial charge in [-0.2, -0.15) is 0 Å². The van der Waals surface area contributed by atoms with Crippen molar-refractivity contribution in [2.75, 3.05) is 0 Å². The van der Waals surface area contributed by atoms with E-state index in [1.807, 2.05) is 22.6 Å². The van der Waals surface area contributed by atoms with Crippen LogP contribution in [-0.4, -0.2) is 31.1 Å². The van der Waals surface area contributed by atoms with Gasteiger partial charge in [0.15, 0.2) is 5.16 Å². The Bertz CT molecular complexity index is 1320. The second kappa shape index (κ2) is 8.19. The molecule has 0 spiro atoms. The molecule has 1 fully saturated rings. The van der Waals surface area contributed by atoms with Gasteiger partial charge in [-0.3, -0.25) is 18.6 Å². The van der Waals surface area contributed by atoms with Crippen molar-refractivity contribution in [3.63, 3.8) is 0 Å². The van der Waals surface area contributed by atoms with E-state index in [1.165, 1.54) is 10.1 Å². The highest BCUT2D eigenvalue weighted by molar-refractivity contribution is 7.98. The number of aromatic nitrogens is 4. The average molecular weight is 434 g/mol. The third-order valence-electron chi connectivity index (χ3n) is 5.85. The van der Waals surface area contributed by atoms with Gasteiger partial charge in [0.1, 0.15) is 0 Å². The zero-order chi connectivity index (χ0) is 21.4. The normalized spacial score (nSPS) is 14.5. The van der Waals surface area contributed by atoms with Gasteiger partial charge in [0, 0.05) is 24.4 Å². The van der Waals surface area contributed by atoms with E-state index in [1.54, 1.807) is 37.0 Å². The molecular weight excluding hydrogens is 410 g/mol. The fraction of sp³-hybridized carbons (Fsp3) is 0.304. The molecule has 0 bridgehead atoms. The Labute approximate surface area is 183 Å². The molecule has 0 aliphatic heterocycles. The van der Waals surface area contributed by atoms with Crippen molar-refractivity contribution >= 4 is 34.3 Å². The van der Waals surface area contributed by atoms with Crippen LogP contribution in [0.3, 0.4) is 0 Å². The van der Waals surface area contributed by atoms with Gasteiger partial charge in [0.05, 0.1) is 10.9 Å². The van der Waals surface area contributed by atoms with Crippen LogP contribution in [-0.2, 0) is 12.8 Å². The van der Waals surface area contributed by atoms with Crippen molar-refractivity contribution < 1.29 is 4.79 Å². The smallest absolute Gasteiger partial charge is 0.262 e. The molecule has 4 aromatic rings. The number of fused-ring (bicyclic) bond motifs is 3. The van der Waals surface area contributed by atoms with Gasteiger partial charge >= 0.3 is 0 Å². The van der Waals surface area contributed by atoms with Gasteiger partial charge in [0.25, 0.3) is 11.5 Å². The molecule has 0 unspecified atom stereocenters. The zero-order valence-electron chi connectivity index (χ0n) is 17.2. The molecular formula is C23H23N5O2S. The van der Waals surface area contributed by atoms with Crippen molar-refractivity contribution in [3.05, 3.63) is 70.0 Å². The van der Waals surface area contributed by atoms with Crippen LogP contribution in [0.15, 0.2) is 58.5 Å². The fourth-order valence-electron chi connectivity index (χ4n) is 4.15. The molecule has 2 aromatic heterocycles.